The highest BCUT2D eigenvalue weighted by molar-refractivity contribution is 6.30. The third-order valence-corrected chi connectivity index (χ3v) is 5.42. The molecule has 0 aliphatic carbocycles. The van der Waals surface area contributed by atoms with Crippen LogP contribution >= 0.6 is 11.6 Å². The standard InChI is InChI=1S/C23H30ClN3O2/c1-17(2)22(20-7-9-21(24)10-8-20)26-23(28)25-15-18-3-5-19(6-4-18)16-27-11-13-29-14-12-27/h3-10,17,22H,11-16H2,1-2H3,(H2,25,26,28)/t22-/m1/s1. The summed E-state index contributed by atoms with van der Waals surface area (Å²) in [6.45, 7) is 9.19. The number of rotatable bonds is 7. The van der Waals surface area contributed by atoms with Gasteiger partial charge in [-0.1, -0.05) is 61.8 Å². The molecule has 2 N–H and O–H groups in total. The first-order valence-electron chi connectivity index (χ1n) is 10.2. The van der Waals surface area contributed by atoms with Gasteiger partial charge in [-0.15, -0.1) is 0 Å². The first kappa shape index (κ1) is 21.6. The maximum Gasteiger partial charge on any atom is 0.315 e. The molecule has 1 atom stereocenters. The second-order valence-corrected chi connectivity index (χ2v) is 8.24. The lowest BCUT2D eigenvalue weighted by molar-refractivity contribution is 0.0342. The monoisotopic (exact) mass is 415 g/mol. The zero-order chi connectivity index (χ0) is 20.6. The van der Waals surface area contributed by atoms with E-state index in [-0.39, 0.29) is 18.0 Å². The second kappa shape index (κ2) is 10.6. The molecule has 5 nitrogen and oxygen atoms in total. The molecule has 0 spiro atoms. The summed E-state index contributed by atoms with van der Waals surface area (Å²) in [5.41, 5.74) is 3.41. The first-order chi connectivity index (χ1) is 14.0. The molecule has 1 fully saturated rings. The van der Waals surface area contributed by atoms with E-state index in [2.05, 4.69) is 53.6 Å². The lowest BCUT2D eigenvalue weighted by Crippen LogP contribution is -2.39. The van der Waals surface area contributed by atoms with Crippen molar-refractivity contribution in [2.45, 2.75) is 33.0 Å². The molecule has 0 aromatic heterocycles. The highest BCUT2D eigenvalue weighted by Crippen LogP contribution is 2.23. The molecule has 1 aliphatic rings. The molecule has 0 radical (unpaired) electrons. The molecule has 2 aromatic carbocycles. The molecule has 6 heteroatoms. The van der Waals surface area contributed by atoms with Gasteiger partial charge in [0.25, 0.3) is 0 Å². The Morgan fingerprint density at radius 2 is 1.66 bits per heavy atom. The van der Waals surface area contributed by atoms with Crippen LogP contribution in [-0.2, 0) is 17.8 Å². The van der Waals surface area contributed by atoms with E-state index in [1.807, 2.05) is 24.3 Å². The molecule has 2 amide bonds. The summed E-state index contributed by atoms with van der Waals surface area (Å²) in [5.74, 6) is 0.265. The number of benzene rings is 2. The van der Waals surface area contributed by atoms with Crippen molar-refractivity contribution < 1.29 is 9.53 Å². The average Bonchev–Trinajstić information content (AvgIpc) is 2.73. The van der Waals surface area contributed by atoms with Gasteiger partial charge in [-0.3, -0.25) is 4.90 Å². The lowest BCUT2D eigenvalue weighted by Gasteiger charge is -2.26. The molecule has 0 unspecified atom stereocenters. The molecular formula is C23H30ClN3O2. The van der Waals surface area contributed by atoms with E-state index in [0.717, 1.165) is 44.0 Å². The molecule has 1 aliphatic heterocycles. The normalized spacial score (nSPS) is 15.9. The summed E-state index contributed by atoms with van der Waals surface area (Å²) in [4.78, 5) is 14.8. The molecule has 3 rings (SSSR count). The van der Waals surface area contributed by atoms with Gasteiger partial charge in [-0.25, -0.2) is 4.79 Å². The Bertz CT molecular complexity index is 772. The van der Waals surface area contributed by atoms with Gasteiger partial charge in [0.1, 0.15) is 0 Å². The quantitative estimate of drug-likeness (QED) is 0.706. The topological polar surface area (TPSA) is 53.6 Å². The molecule has 2 aromatic rings. The average molecular weight is 416 g/mol. The minimum absolute atomic E-state index is 0.0665. The van der Waals surface area contributed by atoms with E-state index in [1.54, 1.807) is 0 Å². The summed E-state index contributed by atoms with van der Waals surface area (Å²) in [5, 5.41) is 6.73. The van der Waals surface area contributed by atoms with Crippen molar-refractivity contribution in [1.29, 1.82) is 0 Å². The number of nitrogens with one attached hydrogen (secondary N) is 2. The van der Waals surface area contributed by atoms with Crippen molar-refractivity contribution in [3.63, 3.8) is 0 Å². The molecular weight excluding hydrogens is 386 g/mol. The van der Waals surface area contributed by atoms with E-state index in [4.69, 9.17) is 16.3 Å². The first-order valence-corrected chi connectivity index (χ1v) is 10.6. The van der Waals surface area contributed by atoms with E-state index >= 15 is 0 Å². The summed E-state index contributed by atoms with van der Waals surface area (Å²) in [6, 6.07) is 15.8. The van der Waals surface area contributed by atoms with Crippen LogP contribution in [0.1, 0.15) is 36.6 Å². The summed E-state index contributed by atoms with van der Waals surface area (Å²) in [7, 11) is 0. The Balaban J connectivity index is 1.49. The third kappa shape index (κ3) is 6.74. The molecule has 0 saturated carbocycles. The number of morpholine rings is 1. The van der Waals surface area contributed by atoms with Gasteiger partial charge in [-0.05, 0) is 34.7 Å². The highest BCUT2D eigenvalue weighted by atomic mass is 35.5. The van der Waals surface area contributed by atoms with Crippen molar-refractivity contribution in [3.8, 4) is 0 Å². The predicted octanol–water partition coefficient (Wildman–Crippen LogP) is 4.37. The zero-order valence-electron chi connectivity index (χ0n) is 17.2. The fourth-order valence-electron chi connectivity index (χ4n) is 3.46. The van der Waals surface area contributed by atoms with Crippen LogP contribution in [0.2, 0.25) is 5.02 Å². The van der Waals surface area contributed by atoms with Crippen LogP contribution in [0.3, 0.4) is 0 Å². The van der Waals surface area contributed by atoms with Gasteiger partial charge in [0.05, 0.1) is 19.3 Å². The zero-order valence-corrected chi connectivity index (χ0v) is 17.9. The lowest BCUT2D eigenvalue weighted by atomic mass is 9.96. The number of nitrogens with zero attached hydrogens (tertiary/aromatic N) is 1. The number of ether oxygens (including phenoxy) is 1. The predicted molar refractivity (Wildman–Crippen MR) is 117 cm³/mol. The number of halogens is 1. The van der Waals surface area contributed by atoms with Crippen LogP contribution in [0, 0.1) is 5.92 Å². The maximum atomic E-state index is 12.4. The molecule has 29 heavy (non-hydrogen) atoms. The minimum Gasteiger partial charge on any atom is -0.379 e. The number of carbonyl (C=O) groups excluding carboxylic acids is 1. The number of amides is 2. The Labute approximate surface area is 178 Å². The van der Waals surface area contributed by atoms with Crippen LogP contribution in [0.5, 0.6) is 0 Å². The van der Waals surface area contributed by atoms with Gasteiger partial charge in [-0.2, -0.15) is 0 Å². The van der Waals surface area contributed by atoms with Gasteiger partial charge >= 0.3 is 6.03 Å². The van der Waals surface area contributed by atoms with Crippen molar-refractivity contribution in [2.24, 2.45) is 5.92 Å². The largest absolute Gasteiger partial charge is 0.379 e. The number of hydrogen-bond acceptors (Lipinski definition) is 3. The van der Waals surface area contributed by atoms with Gasteiger partial charge < -0.3 is 15.4 Å². The van der Waals surface area contributed by atoms with E-state index in [0.29, 0.717) is 11.6 Å². The Kier molecular flexibility index (Phi) is 7.92. The van der Waals surface area contributed by atoms with Crippen LogP contribution < -0.4 is 10.6 Å². The number of hydrogen-bond donors (Lipinski definition) is 2. The fourth-order valence-corrected chi connectivity index (χ4v) is 3.59. The van der Waals surface area contributed by atoms with Crippen LogP contribution in [0.15, 0.2) is 48.5 Å². The second-order valence-electron chi connectivity index (χ2n) is 7.81. The highest BCUT2D eigenvalue weighted by Gasteiger charge is 2.18. The Hall–Kier alpha value is -2.08. The molecule has 1 saturated heterocycles. The van der Waals surface area contributed by atoms with Crippen LogP contribution in [-0.4, -0.2) is 37.2 Å². The minimum atomic E-state index is -0.170. The summed E-state index contributed by atoms with van der Waals surface area (Å²) < 4.78 is 5.39. The van der Waals surface area contributed by atoms with Gasteiger partial charge in [0.2, 0.25) is 0 Å². The van der Waals surface area contributed by atoms with Crippen LogP contribution in [0.4, 0.5) is 4.79 Å². The van der Waals surface area contributed by atoms with Crippen molar-refractivity contribution in [3.05, 3.63) is 70.2 Å². The van der Waals surface area contributed by atoms with E-state index < -0.39 is 0 Å². The van der Waals surface area contributed by atoms with Crippen molar-refractivity contribution >= 4 is 17.6 Å². The smallest absolute Gasteiger partial charge is 0.315 e. The van der Waals surface area contributed by atoms with E-state index in [1.165, 1.54) is 5.56 Å². The number of carbonyl (C=O) groups is 1. The SMILES string of the molecule is CC(C)[C@@H](NC(=O)NCc1ccc(CN2CCOCC2)cc1)c1ccc(Cl)cc1. The Morgan fingerprint density at radius 3 is 2.28 bits per heavy atom. The van der Waals surface area contributed by atoms with E-state index in [9.17, 15) is 4.79 Å². The van der Waals surface area contributed by atoms with Gasteiger partial charge in [0.15, 0.2) is 0 Å². The van der Waals surface area contributed by atoms with Crippen molar-refractivity contribution in [2.75, 3.05) is 26.3 Å². The fraction of sp³-hybridized carbons (Fsp3) is 0.435. The van der Waals surface area contributed by atoms with Gasteiger partial charge in [0, 0.05) is 31.2 Å². The third-order valence-electron chi connectivity index (χ3n) is 5.17. The molecule has 0 bridgehead atoms. The maximum absolute atomic E-state index is 12.4. The number of urea groups is 1. The molecule has 156 valence electrons. The summed E-state index contributed by atoms with van der Waals surface area (Å²) >= 11 is 5.98. The Morgan fingerprint density at radius 1 is 1.03 bits per heavy atom. The van der Waals surface area contributed by atoms with Crippen LogP contribution in [0.25, 0.3) is 0 Å². The molecule has 1 heterocycles. The summed E-state index contributed by atoms with van der Waals surface area (Å²) in [6.07, 6.45) is 0. The van der Waals surface area contributed by atoms with Crippen molar-refractivity contribution in [1.82, 2.24) is 15.5 Å².